The fraction of sp³-hybridized carbons (Fsp3) is 0.250. The Bertz CT molecular complexity index is 626. The van der Waals surface area contributed by atoms with Crippen molar-refractivity contribution in [1.82, 2.24) is 4.98 Å². The fourth-order valence-electron chi connectivity index (χ4n) is 1.70. The number of hydrogen-bond acceptors (Lipinski definition) is 4. The third-order valence-electron chi connectivity index (χ3n) is 2.88. The molecule has 1 aromatic heterocycles. The Balaban J connectivity index is 1.82. The second kappa shape index (κ2) is 7.09. The minimum atomic E-state index is -0.425. The summed E-state index contributed by atoms with van der Waals surface area (Å²) in [5.41, 5.74) is 2.84. The van der Waals surface area contributed by atoms with Crippen molar-refractivity contribution in [2.24, 2.45) is 0 Å². The lowest BCUT2D eigenvalue weighted by molar-refractivity contribution is -0.147. The second-order valence-corrected chi connectivity index (χ2v) is 5.09. The van der Waals surface area contributed by atoms with Gasteiger partial charge in [-0.05, 0) is 37.1 Å². The molecule has 0 aliphatic heterocycles. The Morgan fingerprint density at radius 1 is 1.24 bits per heavy atom. The van der Waals surface area contributed by atoms with Crippen molar-refractivity contribution in [3.8, 4) is 5.75 Å². The molecule has 0 fully saturated rings. The van der Waals surface area contributed by atoms with Gasteiger partial charge in [0.15, 0.2) is 6.61 Å². The molecule has 0 amide bonds. The summed E-state index contributed by atoms with van der Waals surface area (Å²) in [6, 6.07) is 9.25. The quantitative estimate of drug-likeness (QED) is 0.627. The van der Waals surface area contributed by atoms with Gasteiger partial charge in [0.1, 0.15) is 17.5 Å². The average molecular weight is 306 g/mol. The number of aryl methyl sites for hydroxylation is 2. The number of rotatable bonds is 5. The van der Waals surface area contributed by atoms with E-state index in [0.717, 1.165) is 16.7 Å². The highest BCUT2D eigenvalue weighted by molar-refractivity contribution is 6.29. The van der Waals surface area contributed by atoms with E-state index in [4.69, 9.17) is 21.1 Å². The van der Waals surface area contributed by atoms with E-state index in [2.05, 4.69) is 4.98 Å². The summed E-state index contributed by atoms with van der Waals surface area (Å²) in [6.07, 6.45) is 1.57. The first-order chi connectivity index (χ1) is 10.0. The number of nitrogens with zero attached hydrogens (tertiary/aromatic N) is 1. The minimum absolute atomic E-state index is 0.120. The first kappa shape index (κ1) is 15.3. The summed E-state index contributed by atoms with van der Waals surface area (Å²) in [5, 5.41) is 0.406. The van der Waals surface area contributed by atoms with Crippen molar-refractivity contribution in [1.29, 1.82) is 0 Å². The number of halogens is 1. The average Bonchev–Trinajstić information content (AvgIpc) is 2.47. The van der Waals surface area contributed by atoms with E-state index in [0.29, 0.717) is 10.9 Å². The molecule has 0 saturated heterocycles. The lowest BCUT2D eigenvalue weighted by atomic mass is 10.1. The number of benzene rings is 1. The largest absolute Gasteiger partial charge is 0.482 e. The Kier molecular flexibility index (Phi) is 5.17. The van der Waals surface area contributed by atoms with Crippen LogP contribution in [0.1, 0.15) is 16.7 Å². The molecule has 5 heteroatoms. The van der Waals surface area contributed by atoms with Crippen molar-refractivity contribution < 1.29 is 14.3 Å². The van der Waals surface area contributed by atoms with E-state index in [9.17, 15) is 4.79 Å². The van der Waals surface area contributed by atoms with Gasteiger partial charge >= 0.3 is 5.97 Å². The van der Waals surface area contributed by atoms with Gasteiger partial charge in [-0.1, -0.05) is 29.8 Å². The summed E-state index contributed by atoms with van der Waals surface area (Å²) in [5.74, 6) is 0.269. The van der Waals surface area contributed by atoms with Crippen LogP contribution in [0, 0.1) is 13.8 Å². The van der Waals surface area contributed by atoms with E-state index < -0.39 is 5.97 Å². The number of ether oxygens (including phenoxy) is 2. The third kappa shape index (κ3) is 4.76. The van der Waals surface area contributed by atoms with Crippen molar-refractivity contribution in [2.45, 2.75) is 20.5 Å². The highest BCUT2D eigenvalue weighted by Crippen LogP contribution is 2.19. The molecule has 0 N–H and O–H groups in total. The molecule has 0 radical (unpaired) electrons. The smallest absolute Gasteiger partial charge is 0.344 e. The number of hydrogen-bond donors (Lipinski definition) is 0. The molecule has 110 valence electrons. The Morgan fingerprint density at radius 2 is 2.05 bits per heavy atom. The maximum atomic E-state index is 11.7. The molecule has 0 atom stereocenters. The van der Waals surface area contributed by atoms with Crippen LogP contribution in [0.15, 0.2) is 36.5 Å². The molecule has 0 aliphatic rings. The molecule has 2 rings (SSSR count). The van der Waals surface area contributed by atoms with Crippen LogP contribution in [-0.4, -0.2) is 17.6 Å². The zero-order valence-corrected chi connectivity index (χ0v) is 12.7. The fourth-order valence-corrected chi connectivity index (χ4v) is 1.81. The van der Waals surface area contributed by atoms with Gasteiger partial charge in [-0.25, -0.2) is 9.78 Å². The maximum Gasteiger partial charge on any atom is 0.344 e. The zero-order chi connectivity index (χ0) is 15.2. The number of carbonyl (C=O) groups excluding carboxylic acids is 1. The number of pyridine rings is 1. The van der Waals surface area contributed by atoms with Gasteiger partial charge in [0.2, 0.25) is 0 Å². The highest BCUT2D eigenvalue weighted by Gasteiger charge is 2.07. The number of esters is 1. The monoisotopic (exact) mass is 305 g/mol. The van der Waals surface area contributed by atoms with Crippen LogP contribution in [0.4, 0.5) is 0 Å². The number of aromatic nitrogens is 1. The van der Waals surface area contributed by atoms with Gasteiger partial charge in [0, 0.05) is 11.8 Å². The van der Waals surface area contributed by atoms with E-state index in [1.165, 1.54) is 0 Å². The zero-order valence-electron chi connectivity index (χ0n) is 11.9. The molecule has 0 bridgehead atoms. The van der Waals surface area contributed by atoms with Crippen LogP contribution in [0.3, 0.4) is 0 Å². The Labute approximate surface area is 128 Å². The van der Waals surface area contributed by atoms with E-state index in [1.54, 1.807) is 18.3 Å². The predicted octanol–water partition coefficient (Wildman–Crippen LogP) is 3.47. The minimum Gasteiger partial charge on any atom is -0.482 e. The summed E-state index contributed by atoms with van der Waals surface area (Å²) < 4.78 is 10.6. The topological polar surface area (TPSA) is 48.4 Å². The molecule has 1 heterocycles. The summed E-state index contributed by atoms with van der Waals surface area (Å²) in [4.78, 5) is 15.6. The van der Waals surface area contributed by atoms with Crippen LogP contribution < -0.4 is 4.74 Å². The lowest BCUT2D eigenvalue weighted by Crippen LogP contribution is -2.15. The second-order valence-electron chi connectivity index (χ2n) is 4.71. The molecule has 0 unspecified atom stereocenters. The van der Waals surface area contributed by atoms with Gasteiger partial charge in [0.25, 0.3) is 0 Å². The van der Waals surface area contributed by atoms with Gasteiger partial charge in [0.05, 0.1) is 0 Å². The van der Waals surface area contributed by atoms with Crippen molar-refractivity contribution in [3.63, 3.8) is 0 Å². The normalized spacial score (nSPS) is 10.2. The summed E-state index contributed by atoms with van der Waals surface area (Å²) in [6.45, 7) is 3.93. The molecule has 1 aromatic carbocycles. The van der Waals surface area contributed by atoms with Crippen LogP contribution in [-0.2, 0) is 16.1 Å². The van der Waals surface area contributed by atoms with E-state index in [-0.39, 0.29) is 13.2 Å². The van der Waals surface area contributed by atoms with Gasteiger partial charge in [-0.3, -0.25) is 0 Å². The third-order valence-corrected chi connectivity index (χ3v) is 3.10. The summed E-state index contributed by atoms with van der Waals surface area (Å²) >= 11 is 5.68. The van der Waals surface area contributed by atoms with Crippen LogP contribution >= 0.6 is 11.6 Å². The first-order valence-corrected chi connectivity index (χ1v) is 6.88. The molecule has 21 heavy (non-hydrogen) atoms. The Hall–Kier alpha value is -2.07. The van der Waals surface area contributed by atoms with Crippen LogP contribution in [0.25, 0.3) is 0 Å². The highest BCUT2D eigenvalue weighted by atomic mass is 35.5. The van der Waals surface area contributed by atoms with Gasteiger partial charge in [-0.15, -0.1) is 0 Å². The first-order valence-electron chi connectivity index (χ1n) is 6.51. The molecular formula is C16H16ClNO3. The maximum absolute atomic E-state index is 11.7. The molecule has 0 aliphatic carbocycles. The molecule has 4 nitrogen and oxygen atoms in total. The van der Waals surface area contributed by atoms with E-state index in [1.807, 2.05) is 32.0 Å². The molecule has 2 aromatic rings. The molecule has 0 spiro atoms. The van der Waals surface area contributed by atoms with Crippen molar-refractivity contribution in [2.75, 3.05) is 6.61 Å². The van der Waals surface area contributed by atoms with Crippen LogP contribution in [0.2, 0.25) is 5.15 Å². The SMILES string of the molecule is Cc1ccc(C)c(OCC(=O)OCc2ccc(Cl)nc2)c1. The predicted molar refractivity (Wildman–Crippen MR) is 80.5 cm³/mol. The number of carbonyl (C=O) groups is 1. The van der Waals surface area contributed by atoms with Crippen LogP contribution in [0.5, 0.6) is 5.75 Å². The van der Waals surface area contributed by atoms with Gasteiger partial charge in [-0.2, -0.15) is 0 Å². The van der Waals surface area contributed by atoms with Crippen molar-refractivity contribution in [3.05, 3.63) is 58.4 Å². The lowest BCUT2D eigenvalue weighted by Gasteiger charge is -2.10. The molecule has 0 saturated carbocycles. The van der Waals surface area contributed by atoms with Crippen molar-refractivity contribution >= 4 is 17.6 Å². The van der Waals surface area contributed by atoms with Gasteiger partial charge < -0.3 is 9.47 Å². The summed E-state index contributed by atoms with van der Waals surface area (Å²) in [7, 11) is 0. The van der Waals surface area contributed by atoms with E-state index >= 15 is 0 Å². The standard InChI is InChI=1S/C16H16ClNO3/c1-11-3-4-12(2)14(7-11)20-10-16(19)21-9-13-5-6-15(17)18-8-13/h3-8H,9-10H2,1-2H3. The molecular weight excluding hydrogens is 290 g/mol. The Morgan fingerprint density at radius 3 is 2.76 bits per heavy atom.